The van der Waals surface area contributed by atoms with Crippen molar-refractivity contribution in [2.24, 2.45) is 0 Å². The fraction of sp³-hybridized carbons (Fsp3) is 0.333. The highest BCUT2D eigenvalue weighted by Crippen LogP contribution is 2.36. The number of hydrogen-bond donors (Lipinski definition) is 1. The minimum atomic E-state index is 0.171. The standard InChI is InChI=1S/C15H17Cl2NOS/c1-3-18-13(12-9-14(16)20-15(12)17)8-10-4-6-11(19-2)7-5-10/h4-7,9,13,18H,3,8H2,1-2H3. The van der Waals surface area contributed by atoms with Crippen molar-refractivity contribution in [3.8, 4) is 5.75 Å². The summed E-state index contributed by atoms with van der Waals surface area (Å²) < 4.78 is 6.66. The van der Waals surface area contributed by atoms with E-state index in [0.717, 1.165) is 33.0 Å². The molecule has 1 heterocycles. The zero-order valence-corrected chi connectivity index (χ0v) is 13.8. The predicted molar refractivity (Wildman–Crippen MR) is 87.5 cm³/mol. The Morgan fingerprint density at radius 2 is 1.95 bits per heavy atom. The molecule has 0 saturated heterocycles. The number of halogens is 2. The molecule has 0 radical (unpaired) electrons. The molecule has 1 N–H and O–H groups in total. The van der Waals surface area contributed by atoms with Crippen molar-refractivity contribution in [1.29, 1.82) is 0 Å². The van der Waals surface area contributed by atoms with Gasteiger partial charge in [0.25, 0.3) is 0 Å². The van der Waals surface area contributed by atoms with Gasteiger partial charge in [-0.2, -0.15) is 0 Å². The first-order valence-corrected chi connectivity index (χ1v) is 8.02. The van der Waals surface area contributed by atoms with Gasteiger partial charge in [-0.05, 0) is 36.7 Å². The summed E-state index contributed by atoms with van der Waals surface area (Å²) in [4.78, 5) is 0. The molecule has 2 nitrogen and oxygen atoms in total. The third-order valence-corrected chi connectivity index (χ3v) is 4.63. The van der Waals surface area contributed by atoms with E-state index in [4.69, 9.17) is 27.9 Å². The molecule has 108 valence electrons. The molecule has 0 aliphatic carbocycles. The van der Waals surface area contributed by atoms with Crippen molar-refractivity contribution in [2.75, 3.05) is 13.7 Å². The Hall–Kier alpha value is -0.740. The van der Waals surface area contributed by atoms with E-state index in [0.29, 0.717) is 0 Å². The maximum Gasteiger partial charge on any atom is 0.118 e. The van der Waals surface area contributed by atoms with Crippen LogP contribution in [-0.2, 0) is 6.42 Å². The summed E-state index contributed by atoms with van der Waals surface area (Å²) in [6.45, 7) is 2.97. The number of ether oxygens (including phenoxy) is 1. The highest BCUT2D eigenvalue weighted by Gasteiger charge is 2.17. The van der Waals surface area contributed by atoms with Crippen LogP contribution in [0.3, 0.4) is 0 Å². The van der Waals surface area contributed by atoms with Crippen LogP contribution in [0.5, 0.6) is 5.75 Å². The first-order valence-electron chi connectivity index (χ1n) is 6.45. The van der Waals surface area contributed by atoms with E-state index in [1.165, 1.54) is 16.9 Å². The highest BCUT2D eigenvalue weighted by atomic mass is 35.5. The van der Waals surface area contributed by atoms with Crippen LogP contribution in [-0.4, -0.2) is 13.7 Å². The smallest absolute Gasteiger partial charge is 0.118 e. The van der Waals surface area contributed by atoms with E-state index in [9.17, 15) is 0 Å². The van der Waals surface area contributed by atoms with Crippen LogP contribution < -0.4 is 10.1 Å². The van der Waals surface area contributed by atoms with Crippen molar-refractivity contribution in [3.05, 3.63) is 50.1 Å². The Morgan fingerprint density at radius 3 is 2.45 bits per heavy atom. The van der Waals surface area contributed by atoms with Crippen LogP contribution in [0.15, 0.2) is 30.3 Å². The molecule has 1 aromatic heterocycles. The average molecular weight is 330 g/mol. The van der Waals surface area contributed by atoms with Gasteiger partial charge < -0.3 is 10.1 Å². The van der Waals surface area contributed by atoms with Crippen LogP contribution in [0.25, 0.3) is 0 Å². The predicted octanol–water partition coefficient (Wildman–Crippen LogP) is 4.96. The Bertz CT molecular complexity index is 554. The van der Waals surface area contributed by atoms with Gasteiger partial charge in [-0.25, -0.2) is 0 Å². The molecule has 0 amide bonds. The molecular weight excluding hydrogens is 313 g/mol. The molecule has 2 aromatic rings. The summed E-state index contributed by atoms with van der Waals surface area (Å²) in [6, 6.07) is 10.2. The molecule has 5 heteroatoms. The molecule has 2 rings (SSSR count). The summed E-state index contributed by atoms with van der Waals surface area (Å²) in [6.07, 6.45) is 0.866. The molecule has 0 fully saturated rings. The van der Waals surface area contributed by atoms with Crippen LogP contribution >= 0.6 is 34.5 Å². The lowest BCUT2D eigenvalue weighted by Gasteiger charge is -2.17. The maximum absolute atomic E-state index is 6.26. The van der Waals surface area contributed by atoms with Crippen molar-refractivity contribution in [2.45, 2.75) is 19.4 Å². The lowest BCUT2D eigenvalue weighted by molar-refractivity contribution is 0.414. The van der Waals surface area contributed by atoms with E-state index in [1.54, 1.807) is 7.11 Å². The number of thiophene rings is 1. The fourth-order valence-corrected chi connectivity index (χ4v) is 3.71. The van der Waals surface area contributed by atoms with Gasteiger partial charge in [-0.1, -0.05) is 42.3 Å². The second-order valence-electron chi connectivity index (χ2n) is 4.44. The minimum absolute atomic E-state index is 0.171. The van der Waals surface area contributed by atoms with E-state index in [-0.39, 0.29) is 6.04 Å². The van der Waals surface area contributed by atoms with Gasteiger partial charge in [0.15, 0.2) is 0 Å². The zero-order chi connectivity index (χ0) is 14.5. The lowest BCUT2D eigenvalue weighted by Crippen LogP contribution is -2.22. The van der Waals surface area contributed by atoms with Gasteiger partial charge in [0.1, 0.15) is 5.75 Å². The number of hydrogen-bond acceptors (Lipinski definition) is 3. The largest absolute Gasteiger partial charge is 0.497 e. The first-order chi connectivity index (χ1) is 9.63. The third kappa shape index (κ3) is 3.89. The zero-order valence-electron chi connectivity index (χ0n) is 11.5. The molecule has 0 bridgehead atoms. The Labute approximate surface area is 133 Å². The van der Waals surface area contributed by atoms with Crippen molar-refractivity contribution < 1.29 is 4.74 Å². The molecule has 0 aliphatic rings. The molecular formula is C15H17Cl2NOS. The van der Waals surface area contributed by atoms with Gasteiger partial charge in [0.05, 0.1) is 15.8 Å². The maximum atomic E-state index is 6.26. The molecule has 20 heavy (non-hydrogen) atoms. The Kier molecular flexibility index (Phi) is 5.73. The first kappa shape index (κ1) is 15.6. The molecule has 0 saturated carbocycles. The number of benzene rings is 1. The summed E-state index contributed by atoms with van der Waals surface area (Å²) in [5.41, 5.74) is 2.30. The summed E-state index contributed by atoms with van der Waals surface area (Å²) >= 11 is 13.7. The van der Waals surface area contributed by atoms with Gasteiger partial charge >= 0.3 is 0 Å². The van der Waals surface area contributed by atoms with Crippen LogP contribution in [0.2, 0.25) is 8.67 Å². The highest BCUT2D eigenvalue weighted by molar-refractivity contribution is 7.20. The summed E-state index contributed by atoms with van der Waals surface area (Å²) in [5.74, 6) is 0.866. The van der Waals surface area contributed by atoms with E-state index >= 15 is 0 Å². The normalized spacial score (nSPS) is 12.4. The second kappa shape index (κ2) is 7.32. The van der Waals surface area contributed by atoms with Gasteiger partial charge in [0.2, 0.25) is 0 Å². The number of methoxy groups -OCH3 is 1. The van der Waals surface area contributed by atoms with Crippen molar-refractivity contribution in [1.82, 2.24) is 5.32 Å². The molecule has 1 atom stereocenters. The Balaban J connectivity index is 2.18. The fourth-order valence-electron chi connectivity index (χ4n) is 2.13. The van der Waals surface area contributed by atoms with Crippen molar-refractivity contribution >= 4 is 34.5 Å². The third-order valence-electron chi connectivity index (χ3n) is 3.11. The van der Waals surface area contributed by atoms with E-state index in [2.05, 4.69) is 24.4 Å². The summed E-state index contributed by atoms with van der Waals surface area (Å²) in [5, 5.41) is 3.46. The molecule has 1 aromatic carbocycles. The number of rotatable bonds is 6. The Morgan fingerprint density at radius 1 is 1.25 bits per heavy atom. The minimum Gasteiger partial charge on any atom is -0.497 e. The van der Waals surface area contributed by atoms with Crippen LogP contribution in [0.4, 0.5) is 0 Å². The van der Waals surface area contributed by atoms with Gasteiger partial charge in [-0.15, -0.1) is 11.3 Å². The van der Waals surface area contributed by atoms with Crippen LogP contribution in [0.1, 0.15) is 24.1 Å². The molecule has 0 spiro atoms. The molecule has 0 aliphatic heterocycles. The van der Waals surface area contributed by atoms with Crippen LogP contribution in [0, 0.1) is 0 Å². The van der Waals surface area contributed by atoms with Gasteiger partial charge in [0, 0.05) is 11.6 Å². The monoisotopic (exact) mass is 329 g/mol. The summed E-state index contributed by atoms with van der Waals surface area (Å²) in [7, 11) is 1.67. The van der Waals surface area contributed by atoms with E-state index < -0.39 is 0 Å². The quantitative estimate of drug-likeness (QED) is 0.808. The number of nitrogens with one attached hydrogen (secondary N) is 1. The average Bonchev–Trinajstić information content (AvgIpc) is 2.78. The second-order valence-corrected chi connectivity index (χ2v) is 6.73. The van der Waals surface area contributed by atoms with Gasteiger partial charge in [-0.3, -0.25) is 0 Å². The van der Waals surface area contributed by atoms with E-state index in [1.807, 2.05) is 18.2 Å². The molecule has 1 unspecified atom stereocenters. The topological polar surface area (TPSA) is 21.3 Å². The number of likely N-dealkylation sites (N-methyl/N-ethyl adjacent to an activating group) is 1. The van der Waals surface area contributed by atoms with Crippen molar-refractivity contribution in [3.63, 3.8) is 0 Å². The lowest BCUT2D eigenvalue weighted by atomic mass is 10.0. The SMILES string of the molecule is CCNC(Cc1ccc(OC)cc1)c1cc(Cl)sc1Cl.